The lowest BCUT2D eigenvalue weighted by Crippen LogP contribution is -2.87. The van der Waals surface area contributed by atoms with Crippen LogP contribution in [0.3, 0.4) is 0 Å². The van der Waals surface area contributed by atoms with Gasteiger partial charge in [0.25, 0.3) is 10.0 Å². The molecule has 3 rings (SSSR count). The molecule has 0 radical (unpaired) electrons. The number of methoxy groups -OCH3 is 1. The van der Waals surface area contributed by atoms with Crippen LogP contribution >= 0.6 is 15.9 Å². The summed E-state index contributed by atoms with van der Waals surface area (Å²) in [4.78, 5) is 12.0. The number of nitrogens with one attached hydrogen (secondary N) is 1. The number of ether oxygens (including phenoxy) is 1. The number of benzene rings is 3. The highest BCUT2D eigenvalue weighted by molar-refractivity contribution is 9.10. The van der Waals surface area contributed by atoms with Crippen LogP contribution in [0, 0.1) is 6.92 Å². The topological polar surface area (TPSA) is 89.1 Å². The third kappa shape index (κ3) is 5.94. The molecule has 0 aliphatic heterocycles. The normalized spacial score (nSPS) is 12.2. The molecular formula is C23H24BrN2O4S+. The molecule has 8 heteroatoms. The molecule has 6 nitrogen and oxygen atoms in total. The molecule has 0 saturated carbocycles. The molecule has 162 valence electrons. The molecule has 0 saturated heterocycles. The van der Waals surface area contributed by atoms with E-state index in [0.717, 1.165) is 21.2 Å². The Morgan fingerprint density at radius 2 is 1.74 bits per heavy atom. The van der Waals surface area contributed by atoms with Crippen LogP contribution in [0.25, 0.3) is 0 Å². The van der Waals surface area contributed by atoms with E-state index in [1.807, 2.05) is 48.6 Å². The van der Waals surface area contributed by atoms with Crippen molar-refractivity contribution in [2.75, 3.05) is 18.4 Å². The number of nitrogens with two attached hydrogens (primary N) is 1. The Morgan fingerprint density at radius 3 is 2.39 bits per heavy atom. The zero-order chi connectivity index (χ0) is 22.4. The molecule has 1 atom stereocenters. The van der Waals surface area contributed by atoms with Crippen LogP contribution in [0.15, 0.2) is 82.2 Å². The van der Waals surface area contributed by atoms with E-state index in [2.05, 4.69) is 20.7 Å². The summed E-state index contributed by atoms with van der Waals surface area (Å²) < 4.78 is 34.3. The van der Waals surface area contributed by atoms with Gasteiger partial charge in [0.1, 0.15) is 6.04 Å². The van der Waals surface area contributed by atoms with E-state index in [1.165, 1.54) is 7.11 Å². The monoisotopic (exact) mass is 503 g/mol. The predicted molar refractivity (Wildman–Crippen MR) is 123 cm³/mol. The number of sulfonamides is 1. The number of hydrogen-bond acceptors (Lipinski definition) is 4. The minimum absolute atomic E-state index is 0.0900. The van der Waals surface area contributed by atoms with Crippen molar-refractivity contribution in [3.63, 3.8) is 0 Å². The number of esters is 1. The van der Waals surface area contributed by atoms with Gasteiger partial charge in [-0.05, 0) is 37.3 Å². The second kappa shape index (κ2) is 10.1. The molecule has 0 aliphatic rings. The maximum atomic E-state index is 13.0. The van der Waals surface area contributed by atoms with Gasteiger partial charge in [-0.15, -0.1) is 0 Å². The van der Waals surface area contributed by atoms with Gasteiger partial charge >= 0.3 is 5.97 Å². The molecule has 3 aromatic rings. The number of anilines is 1. The first-order valence-electron chi connectivity index (χ1n) is 9.64. The number of rotatable bonds is 8. The van der Waals surface area contributed by atoms with Crippen molar-refractivity contribution in [2.24, 2.45) is 0 Å². The minimum Gasteiger partial charge on any atom is -0.465 e. The van der Waals surface area contributed by atoms with Crippen molar-refractivity contribution in [1.82, 2.24) is 0 Å². The molecule has 0 heterocycles. The van der Waals surface area contributed by atoms with Crippen molar-refractivity contribution < 1.29 is 23.3 Å². The summed E-state index contributed by atoms with van der Waals surface area (Å²) in [5.74, 6) is -0.363. The van der Waals surface area contributed by atoms with Gasteiger partial charge in [-0.3, -0.25) is 4.72 Å². The van der Waals surface area contributed by atoms with E-state index in [4.69, 9.17) is 4.74 Å². The molecule has 0 bridgehead atoms. The van der Waals surface area contributed by atoms with Crippen molar-refractivity contribution >= 4 is 37.6 Å². The predicted octanol–water partition coefficient (Wildman–Crippen LogP) is 3.38. The number of carbonyl (C=O) groups excluding carboxylic acids is 1. The largest absolute Gasteiger partial charge is 0.465 e. The molecule has 3 N–H and O–H groups in total. The molecule has 3 aromatic carbocycles. The molecule has 0 amide bonds. The Kier molecular flexibility index (Phi) is 7.48. The highest BCUT2D eigenvalue weighted by atomic mass is 79.9. The number of aryl methyl sites for hydroxylation is 1. The second-order valence-corrected chi connectivity index (χ2v) is 9.65. The van der Waals surface area contributed by atoms with E-state index in [0.29, 0.717) is 5.69 Å². The maximum Gasteiger partial charge on any atom is 0.361 e. The van der Waals surface area contributed by atoms with E-state index in [9.17, 15) is 13.2 Å². The van der Waals surface area contributed by atoms with E-state index < -0.39 is 10.0 Å². The van der Waals surface area contributed by atoms with Gasteiger partial charge in [0, 0.05) is 15.6 Å². The van der Waals surface area contributed by atoms with Gasteiger partial charge in [0.2, 0.25) is 0 Å². The first-order chi connectivity index (χ1) is 14.8. The number of quaternary nitrogens is 1. The summed E-state index contributed by atoms with van der Waals surface area (Å²) in [6, 6.07) is 21.3. The van der Waals surface area contributed by atoms with E-state index in [-0.39, 0.29) is 23.5 Å². The van der Waals surface area contributed by atoms with Gasteiger partial charge < -0.3 is 10.1 Å². The van der Waals surface area contributed by atoms with Gasteiger partial charge in [-0.1, -0.05) is 64.0 Å². The highest BCUT2D eigenvalue weighted by Crippen LogP contribution is 2.30. The molecule has 0 aliphatic carbocycles. The number of carbonyl (C=O) groups is 1. The van der Waals surface area contributed by atoms with Crippen LogP contribution in [0.4, 0.5) is 5.69 Å². The lowest BCUT2D eigenvalue weighted by Gasteiger charge is -2.20. The lowest BCUT2D eigenvalue weighted by atomic mass is 9.97. The van der Waals surface area contributed by atoms with Crippen LogP contribution in [-0.2, 0) is 19.6 Å². The van der Waals surface area contributed by atoms with Gasteiger partial charge in [0.05, 0.1) is 17.7 Å². The first kappa shape index (κ1) is 23.0. The Morgan fingerprint density at radius 1 is 1.06 bits per heavy atom. The highest BCUT2D eigenvalue weighted by Gasteiger charge is 2.25. The lowest BCUT2D eigenvalue weighted by molar-refractivity contribution is -0.677. The van der Waals surface area contributed by atoms with E-state index >= 15 is 0 Å². The van der Waals surface area contributed by atoms with Crippen LogP contribution in [0.2, 0.25) is 0 Å². The zero-order valence-corrected chi connectivity index (χ0v) is 19.6. The summed E-state index contributed by atoms with van der Waals surface area (Å²) in [5, 5.41) is 1.83. The van der Waals surface area contributed by atoms with Crippen molar-refractivity contribution in [1.29, 1.82) is 0 Å². The fourth-order valence-electron chi connectivity index (χ4n) is 3.21. The first-order valence-corrected chi connectivity index (χ1v) is 11.9. The smallest absolute Gasteiger partial charge is 0.361 e. The Balaban J connectivity index is 2.03. The van der Waals surface area contributed by atoms with Crippen molar-refractivity contribution in [2.45, 2.75) is 17.9 Å². The SMILES string of the molecule is COC(=O)C[NH2+][C@H](c1ccccc1)c1cc(Br)ccc1NS(=O)(=O)c1ccc(C)cc1. The third-order valence-electron chi connectivity index (χ3n) is 4.83. The summed E-state index contributed by atoms with van der Waals surface area (Å²) in [6.07, 6.45) is 0. The van der Waals surface area contributed by atoms with Gasteiger partial charge in [0.15, 0.2) is 6.54 Å². The molecule has 0 aromatic heterocycles. The summed E-state index contributed by atoms with van der Waals surface area (Å²) in [5.41, 5.74) is 3.07. The minimum atomic E-state index is -3.79. The molecule has 0 fully saturated rings. The van der Waals surface area contributed by atoms with Crippen molar-refractivity contribution in [3.05, 3.63) is 94.0 Å². The third-order valence-corrected chi connectivity index (χ3v) is 6.71. The molecular weight excluding hydrogens is 480 g/mol. The standard InChI is InChI=1S/C23H23BrN2O4S/c1-16-8-11-19(12-9-16)31(28,29)26-21-13-10-18(24)14-20(21)23(25-15-22(27)30-2)17-6-4-3-5-7-17/h3-14,23,25-26H,15H2,1-2H3/p+1/t23-/m1/s1. The number of hydrogen-bond donors (Lipinski definition) is 2. The zero-order valence-electron chi connectivity index (χ0n) is 17.2. The van der Waals surface area contributed by atoms with Crippen LogP contribution < -0.4 is 10.0 Å². The fourth-order valence-corrected chi connectivity index (χ4v) is 4.67. The average Bonchev–Trinajstić information content (AvgIpc) is 2.76. The average molecular weight is 504 g/mol. The second-order valence-electron chi connectivity index (χ2n) is 7.05. The summed E-state index contributed by atoms with van der Waals surface area (Å²) in [7, 11) is -2.45. The summed E-state index contributed by atoms with van der Waals surface area (Å²) >= 11 is 3.48. The quantitative estimate of drug-likeness (QED) is 0.461. The molecule has 0 unspecified atom stereocenters. The Bertz CT molecular complexity index is 1150. The van der Waals surface area contributed by atoms with Gasteiger partial charge in [-0.25, -0.2) is 13.2 Å². The summed E-state index contributed by atoms with van der Waals surface area (Å²) in [6.45, 7) is 1.99. The Hall–Kier alpha value is -2.68. The fraction of sp³-hybridized carbons (Fsp3) is 0.174. The van der Waals surface area contributed by atoms with Gasteiger partial charge in [-0.2, -0.15) is 0 Å². The number of halogens is 1. The Labute approximate surface area is 190 Å². The van der Waals surface area contributed by atoms with Crippen molar-refractivity contribution in [3.8, 4) is 0 Å². The van der Waals surface area contributed by atoms with Crippen LogP contribution in [0.5, 0.6) is 0 Å². The molecule has 31 heavy (non-hydrogen) atoms. The molecule has 0 spiro atoms. The van der Waals surface area contributed by atoms with Crippen LogP contribution in [-0.4, -0.2) is 28.0 Å². The van der Waals surface area contributed by atoms with E-state index in [1.54, 1.807) is 36.4 Å². The van der Waals surface area contributed by atoms with Crippen LogP contribution in [0.1, 0.15) is 22.7 Å². The maximum absolute atomic E-state index is 13.0.